The van der Waals surface area contributed by atoms with Crippen molar-refractivity contribution < 1.29 is 8.42 Å². The Hall–Kier alpha value is -2.04. The number of hydrogen-bond acceptors (Lipinski definition) is 5. The van der Waals surface area contributed by atoms with Crippen LogP contribution in [-0.4, -0.2) is 56.4 Å². The van der Waals surface area contributed by atoms with E-state index in [1.54, 1.807) is 6.20 Å². The van der Waals surface area contributed by atoms with Gasteiger partial charge in [-0.25, -0.2) is 4.98 Å². The van der Waals surface area contributed by atoms with Crippen molar-refractivity contribution in [1.82, 2.24) is 33.6 Å². The fourth-order valence-corrected chi connectivity index (χ4v) is 5.94. The molecule has 0 bridgehead atoms. The Labute approximate surface area is 157 Å². The summed E-state index contributed by atoms with van der Waals surface area (Å²) >= 11 is 0. The molecule has 4 heterocycles. The van der Waals surface area contributed by atoms with E-state index < -0.39 is 10.2 Å². The molecule has 0 aromatic carbocycles. The minimum atomic E-state index is -3.37. The summed E-state index contributed by atoms with van der Waals surface area (Å²) in [6.45, 7) is 3.40. The Morgan fingerprint density at radius 3 is 2.89 bits per heavy atom. The summed E-state index contributed by atoms with van der Waals surface area (Å²) in [5.74, 6) is 1.42. The second-order valence-corrected chi connectivity index (χ2v) is 9.24. The predicted molar refractivity (Wildman–Crippen MR) is 100 cm³/mol. The third kappa shape index (κ3) is 2.74. The lowest BCUT2D eigenvalue weighted by molar-refractivity contribution is 0.301. The summed E-state index contributed by atoms with van der Waals surface area (Å²) in [4.78, 5) is 7.50. The first-order valence-corrected chi connectivity index (χ1v) is 11.0. The quantitative estimate of drug-likeness (QED) is 0.686. The number of aromatic nitrogens is 5. The molecule has 1 aliphatic heterocycles. The maximum absolute atomic E-state index is 12.5. The highest BCUT2D eigenvalue weighted by molar-refractivity contribution is 7.87. The van der Waals surface area contributed by atoms with Crippen molar-refractivity contribution >= 4 is 27.0 Å². The zero-order chi connectivity index (χ0) is 18.6. The first-order valence-electron chi connectivity index (χ1n) is 9.51. The molecule has 2 aliphatic rings. The number of hydrogen-bond donors (Lipinski definition) is 2. The van der Waals surface area contributed by atoms with Gasteiger partial charge in [0.1, 0.15) is 5.82 Å². The largest absolute Gasteiger partial charge is 0.345 e. The summed E-state index contributed by atoms with van der Waals surface area (Å²) < 4.78 is 31.4. The zero-order valence-electron chi connectivity index (χ0n) is 15.2. The van der Waals surface area contributed by atoms with E-state index in [0.717, 1.165) is 48.3 Å². The first kappa shape index (κ1) is 17.1. The van der Waals surface area contributed by atoms with Gasteiger partial charge in [0.25, 0.3) is 10.2 Å². The maximum atomic E-state index is 12.5. The molecule has 0 spiro atoms. The zero-order valence-corrected chi connectivity index (χ0v) is 16.0. The van der Waals surface area contributed by atoms with E-state index in [-0.39, 0.29) is 12.0 Å². The highest BCUT2D eigenvalue weighted by Crippen LogP contribution is 2.41. The van der Waals surface area contributed by atoms with Gasteiger partial charge in [-0.2, -0.15) is 17.4 Å². The van der Waals surface area contributed by atoms with Gasteiger partial charge in [0, 0.05) is 31.2 Å². The Balaban J connectivity index is 1.47. The van der Waals surface area contributed by atoms with Crippen LogP contribution in [0.1, 0.15) is 44.3 Å². The molecule has 5 rings (SSSR count). The molecule has 0 radical (unpaired) electrons. The smallest absolute Gasteiger partial charge is 0.279 e. The topological polar surface area (TPSA) is 108 Å². The molecule has 27 heavy (non-hydrogen) atoms. The second kappa shape index (κ2) is 6.25. The van der Waals surface area contributed by atoms with Crippen molar-refractivity contribution in [2.75, 3.05) is 13.1 Å². The van der Waals surface area contributed by atoms with Gasteiger partial charge < -0.3 is 4.98 Å². The molecule has 3 atom stereocenters. The van der Waals surface area contributed by atoms with E-state index in [9.17, 15) is 8.42 Å². The van der Waals surface area contributed by atoms with Crippen LogP contribution in [0.15, 0.2) is 18.5 Å². The summed E-state index contributed by atoms with van der Waals surface area (Å²) in [5, 5.41) is 8.77. The van der Waals surface area contributed by atoms with Crippen LogP contribution >= 0.6 is 0 Å². The molecule has 1 saturated carbocycles. The van der Waals surface area contributed by atoms with E-state index in [4.69, 9.17) is 0 Å². The first-order chi connectivity index (χ1) is 13.1. The Bertz CT molecular complexity index is 1090. The van der Waals surface area contributed by atoms with Crippen molar-refractivity contribution in [3.05, 3.63) is 24.3 Å². The van der Waals surface area contributed by atoms with Gasteiger partial charge >= 0.3 is 0 Å². The van der Waals surface area contributed by atoms with Crippen molar-refractivity contribution in [2.24, 2.45) is 5.92 Å². The molecule has 9 nitrogen and oxygen atoms in total. The van der Waals surface area contributed by atoms with Gasteiger partial charge in [-0.05, 0) is 31.2 Å². The predicted octanol–water partition coefficient (Wildman–Crippen LogP) is 1.42. The van der Waals surface area contributed by atoms with Crippen LogP contribution < -0.4 is 4.72 Å². The van der Waals surface area contributed by atoms with E-state index in [0.29, 0.717) is 19.0 Å². The van der Waals surface area contributed by atoms with E-state index in [1.165, 1.54) is 4.31 Å². The molecule has 0 amide bonds. The number of fused-ring (bicyclic) bond motifs is 3. The summed E-state index contributed by atoms with van der Waals surface area (Å²) in [5.41, 5.74) is 2.47. The standard InChI is InChI=1S/C17H23N7O2S/c1-2-11-8-12(22-27(25,26)23-6-3-7-23)9-13(11)17-21-20-15-10-19-16-14(24(15)17)4-5-18-16/h4-5,10-13,18,22H,2-3,6-9H2,1H3/t11?,12-,13-/m0/s1. The lowest BCUT2D eigenvalue weighted by atomic mass is 9.93. The van der Waals surface area contributed by atoms with Crippen molar-refractivity contribution in [2.45, 2.75) is 44.6 Å². The van der Waals surface area contributed by atoms with Gasteiger partial charge in [0.15, 0.2) is 11.3 Å². The number of aromatic amines is 1. The van der Waals surface area contributed by atoms with E-state index >= 15 is 0 Å². The van der Waals surface area contributed by atoms with Crippen molar-refractivity contribution in [1.29, 1.82) is 0 Å². The minimum Gasteiger partial charge on any atom is -0.345 e. The van der Waals surface area contributed by atoms with Gasteiger partial charge in [-0.1, -0.05) is 13.3 Å². The normalized spacial score (nSPS) is 26.8. The number of nitrogens with zero attached hydrogens (tertiary/aromatic N) is 5. The molecule has 1 aliphatic carbocycles. The molecule has 3 aromatic heterocycles. The van der Waals surface area contributed by atoms with Gasteiger partial charge in [0.2, 0.25) is 0 Å². The number of rotatable bonds is 5. The fraction of sp³-hybridized carbons (Fsp3) is 0.588. The third-order valence-corrected chi connectivity index (χ3v) is 7.66. The number of H-pyrrole nitrogens is 1. The molecule has 1 unspecified atom stereocenters. The van der Waals surface area contributed by atoms with Gasteiger partial charge in [-0.15, -0.1) is 10.2 Å². The molecule has 10 heteroatoms. The Morgan fingerprint density at radius 2 is 2.15 bits per heavy atom. The Morgan fingerprint density at radius 1 is 1.30 bits per heavy atom. The van der Waals surface area contributed by atoms with Crippen LogP contribution in [0.4, 0.5) is 0 Å². The van der Waals surface area contributed by atoms with Crippen LogP contribution in [0, 0.1) is 5.92 Å². The highest BCUT2D eigenvalue weighted by Gasteiger charge is 2.40. The van der Waals surface area contributed by atoms with E-state index in [2.05, 4.69) is 36.2 Å². The monoisotopic (exact) mass is 389 g/mol. The molecule has 2 fully saturated rings. The lowest BCUT2D eigenvalue weighted by Crippen LogP contribution is -2.50. The Kier molecular flexibility index (Phi) is 3.95. The van der Waals surface area contributed by atoms with E-state index in [1.807, 2.05) is 12.3 Å². The number of nitrogens with one attached hydrogen (secondary N) is 2. The molecule has 3 aromatic rings. The maximum Gasteiger partial charge on any atom is 0.279 e. The van der Waals surface area contributed by atoms with Gasteiger partial charge in [-0.3, -0.25) is 4.40 Å². The van der Waals surface area contributed by atoms with Crippen molar-refractivity contribution in [3.8, 4) is 0 Å². The van der Waals surface area contributed by atoms with Crippen LogP contribution in [-0.2, 0) is 10.2 Å². The molecule has 1 saturated heterocycles. The van der Waals surface area contributed by atoms with Crippen LogP contribution in [0.3, 0.4) is 0 Å². The lowest BCUT2D eigenvalue weighted by Gasteiger charge is -2.31. The fourth-order valence-electron chi connectivity index (χ4n) is 4.44. The average Bonchev–Trinajstić information content (AvgIpc) is 3.28. The van der Waals surface area contributed by atoms with Crippen LogP contribution in [0.25, 0.3) is 16.8 Å². The average molecular weight is 389 g/mol. The molecule has 144 valence electrons. The van der Waals surface area contributed by atoms with Crippen LogP contribution in [0.5, 0.6) is 0 Å². The molecular weight excluding hydrogens is 366 g/mol. The van der Waals surface area contributed by atoms with Crippen LogP contribution in [0.2, 0.25) is 0 Å². The highest BCUT2D eigenvalue weighted by atomic mass is 32.2. The summed E-state index contributed by atoms with van der Waals surface area (Å²) in [6, 6.07) is 1.91. The summed E-state index contributed by atoms with van der Waals surface area (Å²) in [7, 11) is -3.37. The molecular formula is C17H23N7O2S. The third-order valence-electron chi connectivity index (χ3n) is 5.99. The second-order valence-electron chi connectivity index (χ2n) is 7.54. The SMILES string of the molecule is CCC1C[C@H](NS(=O)(=O)N2CCC2)C[C@@H]1c1nnc2cnc3[nH]ccc3n12. The summed E-state index contributed by atoms with van der Waals surface area (Å²) in [6.07, 6.45) is 7.05. The molecule has 2 N–H and O–H groups in total. The van der Waals surface area contributed by atoms with Gasteiger partial charge in [0.05, 0.1) is 11.7 Å². The minimum absolute atomic E-state index is 0.0681. The van der Waals surface area contributed by atoms with Crippen molar-refractivity contribution in [3.63, 3.8) is 0 Å².